The number of ether oxygens (including phenoxy) is 1. The van der Waals surface area contributed by atoms with Crippen molar-refractivity contribution < 1.29 is 37.3 Å². The van der Waals surface area contributed by atoms with E-state index >= 15 is 0 Å². The van der Waals surface area contributed by atoms with Crippen LogP contribution in [-0.2, 0) is 27.9 Å². The van der Waals surface area contributed by atoms with Gasteiger partial charge in [0.15, 0.2) is 0 Å². The molecule has 0 saturated carbocycles. The standard InChI is InChI=1S/C70H121N2O7P/c1-7-10-13-16-19-22-25-28-30-31-32-33-34-35-36-37-38-39-40-41-43-44-47-50-53-56-59-62-69(73)71-67(66-78-80(75,76)77-65-64-72(4,5)6)68(61-58-55-52-49-46-27-24-21-18-15-12-9-3)79-70(74)63-60-57-54-51-48-45-42-29-26-23-20-17-14-11-8-2/h10-11,13-14,17,19-20,22-23,26,28,30,32-33,35-36,38-39,58,61,67-68H,7-9,12,15-16,18,21,24-25,27,29,31,34,37,40-57,59-60,62-66H2,1-6H3,(H-,71,73,75,76)/b13-10-,14-11+,20-17+,22-19-,26-23+,30-28-,33-32-,36-35-,39-38-,61-58-. The molecule has 0 aromatic carbocycles. The van der Waals surface area contributed by atoms with Gasteiger partial charge in [-0.15, -0.1) is 0 Å². The van der Waals surface area contributed by atoms with E-state index in [0.29, 0.717) is 23.9 Å². The highest BCUT2D eigenvalue weighted by molar-refractivity contribution is 7.45. The van der Waals surface area contributed by atoms with Crippen LogP contribution in [0.25, 0.3) is 0 Å². The number of nitrogens with zero attached hydrogens (tertiary/aromatic N) is 1. The lowest BCUT2D eigenvalue weighted by Crippen LogP contribution is -2.47. The third-order valence-corrected chi connectivity index (χ3v) is 14.7. The molecule has 0 aliphatic carbocycles. The second-order valence-corrected chi connectivity index (χ2v) is 24.0. The molecule has 9 nitrogen and oxygen atoms in total. The van der Waals surface area contributed by atoms with E-state index in [1.807, 2.05) is 33.3 Å². The topological polar surface area (TPSA) is 114 Å². The third-order valence-electron chi connectivity index (χ3n) is 13.7. The Labute approximate surface area is 493 Å². The Hall–Kier alpha value is -3.59. The van der Waals surface area contributed by atoms with Crippen molar-refractivity contribution in [2.24, 2.45) is 0 Å². The van der Waals surface area contributed by atoms with Gasteiger partial charge in [-0.1, -0.05) is 265 Å². The van der Waals surface area contributed by atoms with Gasteiger partial charge in [-0.3, -0.25) is 14.2 Å². The van der Waals surface area contributed by atoms with Crippen LogP contribution in [0.2, 0.25) is 0 Å². The van der Waals surface area contributed by atoms with Crippen LogP contribution in [0.4, 0.5) is 0 Å². The molecule has 0 aromatic heterocycles. The number of quaternary nitrogens is 1. The number of nitrogens with one attached hydrogen (secondary N) is 1. The molecule has 0 rings (SSSR count). The molecule has 1 N–H and O–H groups in total. The fourth-order valence-electron chi connectivity index (χ4n) is 8.76. The summed E-state index contributed by atoms with van der Waals surface area (Å²) in [5.41, 5.74) is 0. The van der Waals surface area contributed by atoms with Gasteiger partial charge in [-0.2, -0.15) is 0 Å². The Kier molecular flexibility index (Phi) is 56.0. The second kappa shape index (κ2) is 58.6. The van der Waals surface area contributed by atoms with Gasteiger partial charge in [-0.25, -0.2) is 0 Å². The molecule has 1 amide bonds. The maximum atomic E-state index is 13.6. The highest BCUT2D eigenvalue weighted by Gasteiger charge is 2.27. The lowest BCUT2D eigenvalue weighted by molar-refractivity contribution is -0.870. The number of esters is 1. The molecular weight excluding hydrogens is 1010 g/mol. The van der Waals surface area contributed by atoms with Gasteiger partial charge < -0.3 is 28.5 Å². The van der Waals surface area contributed by atoms with Crippen molar-refractivity contribution in [3.8, 4) is 0 Å². The van der Waals surface area contributed by atoms with Crippen molar-refractivity contribution in [1.82, 2.24) is 5.32 Å². The van der Waals surface area contributed by atoms with Gasteiger partial charge in [0, 0.05) is 12.8 Å². The van der Waals surface area contributed by atoms with Crippen LogP contribution in [0.5, 0.6) is 0 Å². The molecule has 0 bridgehead atoms. The molecule has 458 valence electrons. The monoisotopic (exact) mass is 1130 g/mol. The van der Waals surface area contributed by atoms with Gasteiger partial charge >= 0.3 is 5.97 Å². The zero-order chi connectivity index (χ0) is 58.6. The quantitative estimate of drug-likeness (QED) is 0.0161. The van der Waals surface area contributed by atoms with Gasteiger partial charge in [0.2, 0.25) is 5.91 Å². The van der Waals surface area contributed by atoms with E-state index in [1.54, 1.807) is 0 Å². The van der Waals surface area contributed by atoms with Crippen LogP contribution in [0, 0.1) is 0 Å². The van der Waals surface area contributed by atoms with E-state index in [-0.39, 0.29) is 24.9 Å². The van der Waals surface area contributed by atoms with Gasteiger partial charge in [0.1, 0.15) is 19.3 Å². The van der Waals surface area contributed by atoms with Crippen molar-refractivity contribution in [1.29, 1.82) is 0 Å². The third kappa shape index (κ3) is 59.0. The molecular formula is C70H121N2O7P. The van der Waals surface area contributed by atoms with E-state index in [1.165, 1.54) is 96.3 Å². The van der Waals surface area contributed by atoms with Gasteiger partial charge in [-0.05, 0) is 102 Å². The molecule has 10 heteroatoms. The molecule has 0 aliphatic heterocycles. The molecule has 0 radical (unpaired) electrons. The maximum Gasteiger partial charge on any atom is 0.306 e. The maximum absolute atomic E-state index is 13.6. The summed E-state index contributed by atoms with van der Waals surface area (Å²) in [5.74, 6) is -0.571. The molecule has 3 atom stereocenters. The van der Waals surface area contributed by atoms with Crippen molar-refractivity contribution in [2.75, 3.05) is 40.9 Å². The predicted molar refractivity (Wildman–Crippen MR) is 343 cm³/mol. The van der Waals surface area contributed by atoms with Crippen molar-refractivity contribution in [3.63, 3.8) is 0 Å². The highest BCUT2D eigenvalue weighted by atomic mass is 31.2. The summed E-state index contributed by atoms with van der Waals surface area (Å²) in [7, 11) is 1.16. The zero-order valence-electron chi connectivity index (χ0n) is 52.2. The largest absolute Gasteiger partial charge is 0.756 e. The number of carbonyl (C=O) groups excluding carboxylic acids is 2. The van der Waals surface area contributed by atoms with Crippen LogP contribution in [-0.4, -0.2) is 69.4 Å². The first kappa shape index (κ1) is 76.4. The fraction of sp³-hybridized carbons (Fsp3) is 0.686. The minimum Gasteiger partial charge on any atom is -0.756 e. The van der Waals surface area contributed by atoms with Crippen LogP contribution >= 0.6 is 7.82 Å². The number of phosphoric ester groups is 1. The Balaban J connectivity index is 5.15. The summed E-state index contributed by atoms with van der Waals surface area (Å²) in [6, 6.07) is -0.906. The fourth-order valence-corrected chi connectivity index (χ4v) is 9.48. The first-order valence-corrected chi connectivity index (χ1v) is 33.8. The minimum atomic E-state index is -4.71. The van der Waals surface area contributed by atoms with Crippen molar-refractivity contribution >= 4 is 19.7 Å². The molecule has 80 heavy (non-hydrogen) atoms. The van der Waals surface area contributed by atoms with Gasteiger partial charge in [0.25, 0.3) is 7.82 Å². The number of amides is 1. The van der Waals surface area contributed by atoms with E-state index < -0.39 is 26.6 Å². The predicted octanol–water partition coefficient (Wildman–Crippen LogP) is 19.6. The summed E-state index contributed by atoms with van der Waals surface area (Å²) in [6.07, 6.45) is 81.7. The number of hydrogen-bond donors (Lipinski definition) is 1. The number of phosphoric acid groups is 1. The Morgan fingerprint density at radius 3 is 1.34 bits per heavy atom. The molecule has 0 heterocycles. The smallest absolute Gasteiger partial charge is 0.306 e. The first-order valence-electron chi connectivity index (χ1n) is 32.4. The Morgan fingerprint density at radius 1 is 0.463 bits per heavy atom. The summed E-state index contributed by atoms with van der Waals surface area (Å²) in [6.45, 7) is 6.57. The molecule has 0 spiro atoms. The van der Waals surface area contributed by atoms with Crippen molar-refractivity contribution in [2.45, 2.75) is 270 Å². The SMILES string of the molecule is CC/C=C\C/C=C\C/C=C\C/C=C\C/C=C\C/C=C\CCCCCCCCCCC(=O)NC(COP(=O)([O-])OCC[N+](C)(C)C)C(/C=C\CCCCCCCCCCCC)OC(=O)CCCCCCCCC/C=C/C=C/C=C/CC. The van der Waals surface area contributed by atoms with Crippen LogP contribution in [0.3, 0.4) is 0 Å². The van der Waals surface area contributed by atoms with E-state index in [0.717, 1.165) is 122 Å². The second-order valence-electron chi connectivity index (χ2n) is 22.6. The highest BCUT2D eigenvalue weighted by Crippen LogP contribution is 2.38. The number of unbranched alkanes of at least 4 members (excludes halogenated alkanes) is 25. The average Bonchev–Trinajstić information content (AvgIpc) is 3.42. The number of likely N-dealkylation sites (N-methyl/N-ethyl adjacent to an activating group) is 1. The molecule has 0 fully saturated rings. The minimum absolute atomic E-state index is 0.0324. The number of hydrogen-bond acceptors (Lipinski definition) is 7. The Bertz CT molecular complexity index is 1780. The van der Waals surface area contributed by atoms with Crippen molar-refractivity contribution in [3.05, 3.63) is 122 Å². The summed E-state index contributed by atoms with van der Waals surface area (Å²) in [5, 5.41) is 3.02. The van der Waals surface area contributed by atoms with Crippen LogP contribution in [0.15, 0.2) is 122 Å². The molecule has 0 saturated heterocycles. The lowest BCUT2D eigenvalue weighted by Gasteiger charge is -2.30. The summed E-state index contributed by atoms with van der Waals surface area (Å²) >= 11 is 0. The first-order chi connectivity index (χ1) is 38.9. The molecule has 0 aliphatic rings. The van der Waals surface area contributed by atoms with E-state index in [2.05, 4.69) is 135 Å². The van der Waals surface area contributed by atoms with E-state index in [4.69, 9.17) is 13.8 Å². The number of allylic oxidation sites excluding steroid dienone is 19. The van der Waals surface area contributed by atoms with Gasteiger partial charge in [0.05, 0.1) is 33.8 Å². The average molecular weight is 1130 g/mol. The van der Waals surface area contributed by atoms with E-state index in [9.17, 15) is 19.0 Å². The van der Waals surface area contributed by atoms with Crippen LogP contribution in [0.1, 0.15) is 258 Å². The number of rotatable bonds is 57. The normalized spacial score (nSPS) is 14.4. The lowest BCUT2D eigenvalue weighted by atomic mass is 10.0. The zero-order valence-corrected chi connectivity index (χ0v) is 53.1. The molecule has 0 aromatic rings. The summed E-state index contributed by atoms with van der Waals surface area (Å²) in [4.78, 5) is 40.0. The Morgan fingerprint density at radius 2 is 0.863 bits per heavy atom. The molecule has 3 unspecified atom stereocenters. The van der Waals surface area contributed by atoms with Crippen LogP contribution < -0.4 is 10.2 Å². The number of carbonyl (C=O) groups is 2. The summed E-state index contributed by atoms with van der Waals surface area (Å²) < 4.78 is 30.3.